The van der Waals surface area contributed by atoms with Gasteiger partial charge in [0.25, 0.3) is 5.91 Å². The zero-order valence-corrected chi connectivity index (χ0v) is 14.2. The summed E-state index contributed by atoms with van der Waals surface area (Å²) in [4.78, 5) is 31.4. The van der Waals surface area contributed by atoms with Crippen molar-refractivity contribution in [3.8, 4) is 0 Å². The van der Waals surface area contributed by atoms with Crippen LogP contribution in [0.1, 0.15) is 41.7 Å². The minimum Gasteiger partial charge on any atom is -0.445 e. The molecule has 25 heavy (non-hydrogen) atoms. The maximum atomic E-state index is 13.2. The van der Waals surface area contributed by atoms with E-state index in [4.69, 9.17) is 4.74 Å². The zero-order chi connectivity index (χ0) is 17.4. The van der Waals surface area contributed by atoms with Gasteiger partial charge in [-0.25, -0.2) is 9.78 Å². The van der Waals surface area contributed by atoms with E-state index in [0.717, 1.165) is 18.4 Å². The Bertz CT molecular complexity index is 802. The highest BCUT2D eigenvalue weighted by molar-refractivity contribution is 5.97. The number of esters is 1. The number of imidazole rings is 1. The summed E-state index contributed by atoms with van der Waals surface area (Å²) in [5.41, 5.74) is 0.294. The van der Waals surface area contributed by atoms with E-state index in [0.29, 0.717) is 25.1 Å². The van der Waals surface area contributed by atoms with E-state index >= 15 is 0 Å². The molecule has 2 atom stereocenters. The maximum Gasteiger partial charge on any atom is 0.339 e. The molecule has 1 saturated heterocycles. The molecule has 0 radical (unpaired) electrons. The Balaban J connectivity index is 1.55. The average molecular weight is 339 g/mol. The Labute approximate surface area is 146 Å². The third kappa shape index (κ3) is 2.81. The summed E-state index contributed by atoms with van der Waals surface area (Å²) < 4.78 is 7.64. The number of benzene rings is 1. The number of amides is 1. The largest absolute Gasteiger partial charge is 0.445 e. The molecular weight excluding hydrogens is 318 g/mol. The fourth-order valence-electron chi connectivity index (χ4n) is 3.85. The number of likely N-dealkylation sites (tertiary alicyclic amines) is 1. The highest BCUT2D eigenvalue weighted by Gasteiger charge is 2.45. The highest BCUT2D eigenvalue weighted by atomic mass is 16.6. The van der Waals surface area contributed by atoms with Crippen molar-refractivity contribution in [1.82, 2.24) is 14.5 Å². The van der Waals surface area contributed by atoms with Crippen LogP contribution >= 0.6 is 0 Å². The zero-order valence-electron chi connectivity index (χ0n) is 14.2. The topological polar surface area (TPSA) is 64.4 Å². The fourth-order valence-corrected chi connectivity index (χ4v) is 3.85. The summed E-state index contributed by atoms with van der Waals surface area (Å²) in [5.74, 6) is -0.527. The number of carbonyl (C=O) groups excluding carboxylic acids is 2. The van der Waals surface area contributed by atoms with E-state index in [1.807, 2.05) is 33.9 Å². The van der Waals surface area contributed by atoms with Crippen molar-refractivity contribution in [2.75, 3.05) is 13.1 Å². The Hall–Kier alpha value is -2.63. The summed E-state index contributed by atoms with van der Waals surface area (Å²) >= 11 is 0. The van der Waals surface area contributed by atoms with E-state index in [1.54, 1.807) is 25.5 Å². The number of ether oxygens (including phenoxy) is 1. The number of hydrogen-bond donors (Lipinski definition) is 0. The average Bonchev–Trinajstić information content (AvgIpc) is 3.16. The van der Waals surface area contributed by atoms with E-state index in [-0.39, 0.29) is 11.9 Å². The molecule has 0 unspecified atom stereocenters. The third-order valence-electron chi connectivity index (χ3n) is 5.17. The molecule has 0 saturated carbocycles. The first kappa shape index (κ1) is 15.9. The lowest BCUT2D eigenvalue weighted by Crippen LogP contribution is -2.55. The first-order valence-corrected chi connectivity index (χ1v) is 8.65. The monoisotopic (exact) mass is 339 g/mol. The van der Waals surface area contributed by atoms with Gasteiger partial charge in [0.2, 0.25) is 0 Å². The third-order valence-corrected chi connectivity index (χ3v) is 5.17. The second kappa shape index (κ2) is 6.02. The molecule has 2 aliphatic rings. The van der Waals surface area contributed by atoms with Gasteiger partial charge in [0.1, 0.15) is 0 Å². The Morgan fingerprint density at radius 3 is 3.00 bits per heavy atom. The number of aromatic nitrogens is 2. The molecule has 130 valence electrons. The predicted octanol–water partition coefficient (Wildman–Crippen LogP) is 2.22. The lowest BCUT2D eigenvalue weighted by Gasteiger charge is -2.40. The van der Waals surface area contributed by atoms with Crippen molar-refractivity contribution in [1.29, 1.82) is 0 Å². The standard InChI is InChI=1S/C19H21N3O3/c1-19(11-14-5-2-3-7-16(14)17(23)25-19)18(24)21-9-4-6-15(12-21)22-10-8-20-13-22/h2-3,5,7-8,10,13,15H,4,6,9,11-12H2,1H3/t15-,19+/m0/s1. The van der Waals surface area contributed by atoms with Crippen LogP contribution in [0.2, 0.25) is 0 Å². The van der Waals surface area contributed by atoms with Crippen LogP contribution in [-0.4, -0.2) is 45.0 Å². The number of nitrogens with zero attached hydrogens (tertiary/aromatic N) is 3. The van der Waals surface area contributed by atoms with Gasteiger partial charge in [-0.1, -0.05) is 18.2 Å². The number of carbonyl (C=O) groups is 2. The molecule has 4 rings (SSSR count). The van der Waals surface area contributed by atoms with Gasteiger partial charge in [0, 0.05) is 31.9 Å². The molecule has 1 aromatic heterocycles. The minimum absolute atomic E-state index is 0.111. The summed E-state index contributed by atoms with van der Waals surface area (Å²) in [5, 5.41) is 0. The Morgan fingerprint density at radius 2 is 2.20 bits per heavy atom. The maximum absolute atomic E-state index is 13.2. The number of piperidine rings is 1. The van der Waals surface area contributed by atoms with Crippen molar-refractivity contribution in [3.05, 3.63) is 54.1 Å². The van der Waals surface area contributed by atoms with Crippen LogP contribution in [-0.2, 0) is 16.0 Å². The summed E-state index contributed by atoms with van der Waals surface area (Å²) in [7, 11) is 0. The molecule has 0 N–H and O–H groups in total. The van der Waals surface area contributed by atoms with Crippen LogP contribution in [0.15, 0.2) is 43.0 Å². The SMILES string of the molecule is C[C@]1(C(=O)N2CCC[C@H](n3ccnc3)C2)Cc2ccccc2C(=O)O1. The summed E-state index contributed by atoms with van der Waals surface area (Å²) in [6.45, 7) is 3.03. The van der Waals surface area contributed by atoms with Crippen molar-refractivity contribution in [2.45, 2.75) is 37.8 Å². The number of fused-ring (bicyclic) bond motifs is 1. The molecule has 2 aliphatic heterocycles. The fraction of sp³-hybridized carbons (Fsp3) is 0.421. The molecular formula is C19H21N3O3. The number of rotatable bonds is 2. The lowest BCUT2D eigenvalue weighted by molar-refractivity contribution is -0.152. The second-order valence-electron chi connectivity index (χ2n) is 7.01. The molecule has 1 aromatic carbocycles. The van der Waals surface area contributed by atoms with Gasteiger partial charge >= 0.3 is 5.97 Å². The summed E-state index contributed by atoms with van der Waals surface area (Å²) in [6, 6.07) is 7.56. The Kier molecular flexibility index (Phi) is 3.82. The van der Waals surface area contributed by atoms with Crippen molar-refractivity contribution in [3.63, 3.8) is 0 Å². The molecule has 1 amide bonds. The van der Waals surface area contributed by atoms with Crippen molar-refractivity contribution >= 4 is 11.9 Å². The smallest absolute Gasteiger partial charge is 0.339 e. The van der Waals surface area contributed by atoms with Gasteiger partial charge in [-0.2, -0.15) is 0 Å². The van der Waals surface area contributed by atoms with Crippen LogP contribution < -0.4 is 0 Å². The molecule has 0 spiro atoms. The van der Waals surface area contributed by atoms with Gasteiger partial charge < -0.3 is 14.2 Å². The van der Waals surface area contributed by atoms with Crippen LogP contribution in [0.4, 0.5) is 0 Å². The number of hydrogen-bond acceptors (Lipinski definition) is 4. The molecule has 3 heterocycles. The van der Waals surface area contributed by atoms with E-state index in [1.165, 1.54) is 0 Å². The lowest BCUT2D eigenvalue weighted by atomic mass is 9.88. The van der Waals surface area contributed by atoms with Gasteiger partial charge in [-0.05, 0) is 31.4 Å². The Morgan fingerprint density at radius 1 is 1.36 bits per heavy atom. The molecule has 6 heteroatoms. The molecule has 2 aromatic rings. The van der Waals surface area contributed by atoms with E-state index < -0.39 is 11.6 Å². The second-order valence-corrected chi connectivity index (χ2v) is 7.01. The minimum atomic E-state index is -1.14. The van der Waals surface area contributed by atoms with Crippen LogP contribution in [0.25, 0.3) is 0 Å². The van der Waals surface area contributed by atoms with E-state index in [9.17, 15) is 9.59 Å². The van der Waals surface area contributed by atoms with Gasteiger partial charge in [0.05, 0.1) is 17.9 Å². The summed E-state index contributed by atoms with van der Waals surface area (Å²) in [6.07, 6.45) is 7.82. The van der Waals surface area contributed by atoms with Gasteiger partial charge in [-0.3, -0.25) is 4.79 Å². The first-order valence-electron chi connectivity index (χ1n) is 8.65. The van der Waals surface area contributed by atoms with Gasteiger partial charge in [-0.15, -0.1) is 0 Å². The molecule has 0 aliphatic carbocycles. The number of cyclic esters (lactones) is 1. The highest BCUT2D eigenvalue weighted by Crippen LogP contribution is 2.31. The van der Waals surface area contributed by atoms with Crippen LogP contribution in [0, 0.1) is 0 Å². The van der Waals surface area contributed by atoms with Crippen molar-refractivity contribution in [2.24, 2.45) is 0 Å². The quantitative estimate of drug-likeness (QED) is 0.787. The van der Waals surface area contributed by atoms with Crippen molar-refractivity contribution < 1.29 is 14.3 Å². The first-order chi connectivity index (χ1) is 12.1. The predicted molar refractivity (Wildman–Crippen MR) is 91.0 cm³/mol. The van der Waals surface area contributed by atoms with Crippen LogP contribution in [0.3, 0.4) is 0 Å². The molecule has 6 nitrogen and oxygen atoms in total. The molecule has 0 bridgehead atoms. The van der Waals surface area contributed by atoms with E-state index in [2.05, 4.69) is 4.98 Å². The van der Waals surface area contributed by atoms with Crippen LogP contribution in [0.5, 0.6) is 0 Å². The normalized spacial score (nSPS) is 26.0. The van der Waals surface area contributed by atoms with Gasteiger partial charge in [0.15, 0.2) is 5.60 Å². The molecule has 1 fully saturated rings.